The van der Waals surface area contributed by atoms with Gasteiger partial charge in [-0.05, 0) is 25.1 Å². The second-order valence-electron chi connectivity index (χ2n) is 5.72. The van der Waals surface area contributed by atoms with Crippen LogP contribution in [-0.4, -0.2) is 55.3 Å². The van der Waals surface area contributed by atoms with Crippen molar-refractivity contribution in [1.82, 2.24) is 20.8 Å². The number of nitrogens with zero attached hydrogens (tertiary/aromatic N) is 2. The van der Waals surface area contributed by atoms with Gasteiger partial charge in [-0.15, -0.1) is 10.2 Å². The first-order valence-corrected chi connectivity index (χ1v) is 9.67. The average molecular weight is 420 g/mol. The first-order valence-electron chi connectivity index (χ1n) is 8.68. The molecule has 2 amide bonds. The Morgan fingerprint density at radius 3 is 2.76 bits per heavy atom. The number of rotatable bonds is 8. The van der Waals surface area contributed by atoms with Gasteiger partial charge in [0.1, 0.15) is 0 Å². The van der Waals surface area contributed by atoms with E-state index in [1.54, 1.807) is 39.3 Å². The maximum Gasteiger partial charge on any atom is 0.337 e. The highest BCUT2D eigenvalue weighted by Crippen LogP contribution is 2.32. The first-order chi connectivity index (χ1) is 14.0. The van der Waals surface area contributed by atoms with Crippen molar-refractivity contribution < 1.29 is 28.2 Å². The van der Waals surface area contributed by atoms with E-state index in [0.717, 1.165) is 0 Å². The minimum atomic E-state index is -0.479. The number of amides is 2. The third kappa shape index (κ3) is 4.80. The number of hydrogen-bond donors (Lipinski definition) is 2. The van der Waals surface area contributed by atoms with Gasteiger partial charge in [0.25, 0.3) is 5.22 Å². The highest BCUT2D eigenvalue weighted by Gasteiger charge is 2.24. The van der Waals surface area contributed by atoms with Crippen LogP contribution >= 0.6 is 11.8 Å². The topological polar surface area (TPSA) is 125 Å². The number of nitrogens with one attached hydrogen (secondary N) is 2. The van der Waals surface area contributed by atoms with Gasteiger partial charge >= 0.3 is 12.0 Å². The van der Waals surface area contributed by atoms with Gasteiger partial charge in [-0.2, -0.15) is 0 Å². The van der Waals surface area contributed by atoms with E-state index in [2.05, 4.69) is 20.8 Å². The lowest BCUT2D eigenvalue weighted by molar-refractivity contribution is -0.138. The van der Waals surface area contributed by atoms with Crippen molar-refractivity contribution >= 4 is 23.8 Å². The van der Waals surface area contributed by atoms with Crippen LogP contribution in [0.5, 0.6) is 11.5 Å². The summed E-state index contributed by atoms with van der Waals surface area (Å²) in [7, 11) is 3.09. The summed E-state index contributed by atoms with van der Waals surface area (Å²) in [6.07, 6.45) is 0. The molecular weight excluding hydrogens is 400 g/mol. The van der Waals surface area contributed by atoms with Crippen molar-refractivity contribution in [3.8, 4) is 23.0 Å². The lowest BCUT2D eigenvalue weighted by Crippen LogP contribution is -2.44. The number of thioether (sulfide) groups is 1. The average Bonchev–Trinajstić information content (AvgIpc) is 3.21. The van der Waals surface area contributed by atoms with Gasteiger partial charge < -0.3 is 29.3 Å². The van der Waals surface area contributed by atoms with Crippen LogP contribution in [0, 0.1) is 0 Å². The molecule has 29 heavy (non-hydrogen) atoms. The van der Waals surface area contributed by atoms with Crippen LogP contribution in [0.15, 0.2) is 39.1 Å². The molecule has 0 unspecified atom stereocenters. The maximum absolute atomic E-state index is 12.1. The summed E-state index contributed by atoms with van der Waals surface area (Å²) in [5.74, 6) is 1.22. The Morgan fingerprint density at radius 2 is 2.03 bits per heavy atom. The van der Waals surface area contributed by atoms with Crippen LogP contribution in [0.3, 0.4) is 0 Å². The molecule has 0 saturated heterocycles. The van der Waals surface area contributed by atoms with Gasteiger partial charge in [-0.3, -0.25) is 0 Å². The van der Waals surface area contributed by atoms with Crippen molar-refractivity contribution in [2.75, 3.05) is 33.1 Å². The molecule has 0 spiro atoms. The van der Waals surface area contributed by atoms with Crippen molar-refractivity contribution in [3.05, 3.63) is 29.5 Å². The van der Waals surface area contributed by atoms with E-state index in [9.17, 15) is 9.59 Å². The smallest absolute Gasteiger partial charge is 0.337 e. The van der Waals surface area contributed by atoms with E-state index in [1.807, 2.05) is 0 Å². The molecule has 0 saturated carbocycles. The van der Waals surface area contributed by atoms with Crippen molar-refractivity contribution in [1.29, 1.82) is 0 Å². The van der Waals surface area contributed by atoms with E-state index < -0.39 is 5.97 Å². The fourth-order valence-electron chi connectivity index (χ4n) is 2.56. The third-order valence-corrected chi connectivity index (χ3v) is 4.80. The molecule has 1 aromatic carbocycles. The van der Waals surface area contributed by atoms with Gasteiger partial charge in [-0.25, -0.2) is 9.59 Å². The summed E-state index contributed by atoms with van der Waals surface area (Å²) in [5.41, 5.74) is 1.48. The molecule has 2 aromatic rings. The van der Waals surface area contributed by atoms with E-state index in [0.29, 0.717) is 39.4 Å². The van der Waals surface area contributed by atoms with E-state index in [1.165, 1.54) is 11.8 Å². The molecule has 10 nitrogen and oxygen atoms in total. The summed E-state index contributed by atoms with van der Waals surface area (Å²) in [5, 5.41) is 13.5. The van der Waals surface area contributed by atoms with Crippen molar-refractivity contribution in [2.45, 2.75) is 12.1 Å². The molecule has 1 aliphatic rings. The van der Waals surface area contributed by atoms with Crippen LogP contribution < -0.4 is 20.1 Å². The molecule has 0 bridgehead atoms. The van der Waals surface area contributed by atoms with Crippen molar-refractivity contribution in [3.63, 3.8) is 0 Å². The fraction of sp³-hybridized carbons (Fsp3) is 0.333. The number of aromatic nitrogens is 2. The van der Waals surface area contributed by atoms with Crippen LogP contribution in [0.2, 0.25) is 0 Å². The summed E-state index contributed by atoms with van der Waals surface area (Å²) in [6, 6.07) is 4.87. The third-order valence-electron chi connectivity index (χ3n) is 3.95. The Kier molecular flexibility index (Phi) is 6.60. The van der Waals surface area contributed by atoms with Gasteiger partial charge in [-0.1, -0.05) is 11.8 Å². The zero-order valence-electron chi connectivity index (χ0n) is 16.1. The van der Waals surface area contributed by atoms with Crippen LogP contribution in [-0.2, 0) is 9.53 Å². The van der Waals surface area contributed by atoms with Gasteiger partial charge in [0, 0.05) is 17.0 Å². The van der Waals surface area contributed by atoms with Crippen LogP contribution in [0.25, 0.3) is 11.5 Å². The zero-order chi connectivity index (χ0) is 20.8. The quantitative estimate of drug-likeness (QED) is 0.487. The zero-order valence-corrected chi connectivity index (χ0v) is 16.9. The van der Waals surface area contributed by atoms with Gasteiger partial charge in [0.15, 0.2) is 11.5 Å². The Hall–Kier alpha value is -3.21. The predicted molar refractivity (Wildman–Crippen MR) is 104 cm³/mol. The van der Waals surface area contributed by atoms with Gasteiger partial charge in [0.2, 0.25) is 5.89 Å². The number of carbonyl (C=O) groups excluding carboxylic acids is 2. The molecule has 0 radical (unpaired) electrons. The molecule has 0 fully saturated rings. The molecule has 11 heteroatoms. The van der Waals surface area contributed by atoms with Crippen LogP contribution in [0.1, 0.15) is 6.92 Å². The molecule has 1 aliphatic heterocycles. The number of methoxy groups -OCH3 is 2. The maximum atomic E-state index is 12.1. The highest BCUT2D eigenvalue weighted by atomic mass is 32.2. The van der Waals surface area contributed by atoms with E-state index >= 15 is 0 Å². The molecule has 1 aromatic heterocycles. The molecule has 0 aliphatic carbocycles. The summed E-state index contributed by atoms with van der Waals surface area (Å²) in [4.78, 5) is 23.7. The summed E-state index contributed by atoms with van der Waals surface area (Å²) < 4.78 is 21.2. The number of carbonyl (C=O) groups is 2. The normalized spacial score (nSPS) is 13.6. The number of hydrogen-bond acceptors (Lipinski definition) is 9. The number of esters is 1. The number of urea groups is 1. The SMILES string of the molecule is CCOC(=O)C1=C(CSc2nnc(-c3ccc(OC)c(OC)c3)o2)NC(=O)NC1. The second kappa shape index (κ2) is 9.32. The highest BCUT2D eigenvalue weighted by molar-refractivity contribution is 7.99. The molecule has 2 heterocycles. The van der Waals surface area contributed by atoms with E-state index in [4.69, 9.17) is 18.6 Å². The molecular formula is C18H20N4O6S. The minimum absolute atomic E-state index is 0.0985. The van der Waals surface area contributed by atoms with E-state index in [-0.39, 0.29) is 24.9 Å². The fourth-order valence-corrected chi connectivity index (χ4v) is 3.31. The Morgan fingerprint density at radius 1 is 1.24 bits per heavy atom. The predicted octanol–water partition coefficient (Wildman–Crippen LogP) is 1.98. The summed E-state index contributed by atoms with van der Waals surface area (Å²) in [6.45, 7) is 2.06. The van der Waals surface area contributed by atoms with Crippen LogP contribution in [0.4, 0.5) is 4.79 Å². The Balaban J connectivity index is 1.74. The lowest BCUT2D eigenvalue weighted by Gasteiger charge is -2.20. The van der Waals surface area contributed by atoms with Crippen molar-refractivity contribution in [2.24, 2.45) is 0 Å². The Labute approximate surface area is 171 Å². The Bertz CT molecular complexity index is 942. The molecule has 2 N–H and O–H groups in total. The molecule has 3 rings (SSSR count). The summed E-state index contributed by atoms with van der Waals surface area (Å²) >= 11 is 1.20. The monoisotopic (exact) mass is 420 g/mol. The van der Waals surface area contributed by atoms with Gasteiger partial charge in [0.05, 0.1) is 32.9 Å². The largest absolute Gasteiger partial charge is 0.493 e. The number of ether oxygens (including phenoxy) is 3. The minimum Gasteiger partial charge on any atom is -0.493 e. The molecule has 0 atom stereocenters. The lowest BCUT2D eigenvalue weighted by atomic mass is 10.2. The molecule has 154 valence electrons. The number of benzene rings is 1. The first kappa shape index (κ1) is 20.5. The second-order valence-corrected chi connectivity index (χ2v) is 6.64. The standard InChI is InChI=1S/C18H20N4O6S/c1-4-27-16(23)11-8-19-17(24)20-12(11)9-29-18-22-21-15(28-18)10-5-6-13(25-2)14(7-10)26-3/h5-7H,4,8-9H2,1-3H3,(H2,19,20,24).